The number of alkyl halides is 6. The number of hydrogen-bond acceptors (Lipinski definition) is 6. The van der Waals surface area contributed by atoms with Crippen LogP contribution in [0.1, 0.15) is 29.5 Å². The van der Waals surface area contributed by atoms with E-state index in [-0.39, 0.29) is 30.8 Å². The van der Waals surface area contributed by atoms with Crippen LogP contribution in [-0.2, 0) is 17.1 Å². The average Bonchev–Trinajstić information content (AvgIpc) is 2.76. The number of amides is 1. The van der Waals surface area contributed by atoms with Gasteiger partial charge in [-0.1, -0.05) is 17.7 Å². The molecule has 3 N–H and O–H groups in total. The fourth-order valence-corrected chi connectivity index (χ4v) is 3.46. The van der Waals surface area contributed by atoms with Gasteiger partial charge in [-0.25, -0.2) is 9.97 Å². The van der Waals surface area contributed by atoms with Crippen LogP contribution >= 0.6 is 11.6 Å². The van der Waals surface area contributed by atoms with Crippen LogP contribution in [0.5, 0.6) is 0 Å². The normalized spacial score (nSPS) is 15.7. The topological polar surface area (TPSA) is 98.6 Å². The second kappa shape index (κ2) is 9.76. The monoisotopic (exact) mass is 510 g/mol. The third-order valence-electron chi connectivity index (χ3n) is 4.89. The number of carbonyl (C=O) groups is 1. The molecule has 14 heteroatoms. The van der Waals surface area contributed by atoms with E-state index in [4.69, 9.17) is 16.7 Å². The Morgan fingerprint density at radius 3 is 2.44 bits per heavy atom. The third-order valence-corrected chi connectivity index (χ3v) is 5.20. The van der Waals surface area contributed by atoms with Crippen LogP contribution in [0.15, 0.2) is 36.0 Å². The van der Waals surface area contributed by atoms with E-state index in [0.717, 1.165) is 24.4 Å². The molecule has 7 nitrogen and oxygen atoms in total. The van der Waals surface area contributed by atoms with Crippen molar-refractivity contribution in [3.05, 3.63) is 58.0 Å². The molecule has 0 saturated carbocycles. The molecule has 0 bridgehead atoms. The molecule has 2 aromatic rings. The Bertz CT molecular complexity index is 1110. The van der Waals surface area contributed by atoms with E-state index in [1.54, 1.807) is 0 Å². The van der Waals surface area contributed by atoms with Crippen molar-refractivity contribution in [1.29, 1.82) is 0 Å². The van der Waals surface area contributed by atoms with Crippen molar-refractivity contribution >= 4 is 29.0 Å². The first-order chi connectivity index (χ1) is 15.8. The van der Waals surface area contributed by atoms with Crippen molar-refractivity contribution in [2.24, 2.45) is 0 Å². The number of nitrogens with one attached hydrogen (secondary N) is 1. The Kier molecular flexibility index (Phi) is 7.38. The summed E-state index contributed by atoms with van der Waals surface area (Å²) >= 11 is 5.63. The maximum Gasteiger partial charge on any atom is 0.437 e. The van der Waals surface area contributed by atoms with Crippen LogP contribution in [0.2, 0.25) is 5.02 Å². The quantitative estimate of drug-likeness (QED) is 0.527. The lowest BCUT2D eigenvalue weighted by molar-refractivity contribution is -0.141. The average molecular weight is 511 g/mol. The van der Waals surface area contributed by atoms with Gasteiger partial charge in [0.1, 0.15) is 6.10 Å². The van der Waals surface area contributed by atoms with Gasteiger partial charge in [0, 0.05) is 24.4 Å². The zero-order chi connectivity index (χ0) is 25.3. The lowest BCUT2D eigenvalue weighted by atomic mass is 10.1. The first-order valence-electron chi connectivity index (χ1n) is 9.66. The smallest absolute Gasteiger partial charge is 0.393 e. The number of hydrogen-bond donors (Lipinski definition) is 3. The van der Waals surface area contributed by atoms with Gasteiger partial charge in [-0.2, -0.15) is 26.3 Å². The van der Waals surface area contributed by atoms with Gasteiger partial charge in [-0.15, -0.1) is 0 Å². The molecule has 1 aliphatic rings. The van der Waals surface area contributed by atoms with Crippen LogP contribution in [0.3, 0.4) is 0 Å². The van der Waals surface area contributed by atoms with E-state index in [0.29, 0.717) is 0 Å². The molecule has 1 aromatic carbocycles. The number of carbonyl (C=O) groups excluding carboxylic acids is 1. The van der Waals surface area contributed by atoms with Crippen molar-refractivity contribution in [3.8, 4) is 0 Å². The van der Waals surface area contributed by atoms with Crippen LogP contribution in [0.4, 0.5) is 37.8 Å². The van der Waals surface area contributed by atoms with E-state index in [9.17, 15) is 36.2 Å². The fraction of sp³-hybridized carbons (Fsp3) is 0.350. The third kappa shape index (κ3) is 5.77. The Hall–Kier alpha value is -2.90. The zero-order valence-corrected chi connectivity index (χ0v) is 17.8. The highest BCUT2D eigenvalue weighted by Gasteiger charge is 2.39. The molecule has 1 aromatic heterocycles. The van der Waals surface area contributed by atoms with Crippen molar-refractivity contribution in [2.75, 3.05) is 29.9 Å². The van der Waals surface area contributed by atoms with Crippen LogP contribution in [0, 0.1) is 0 Å². The molecule has 3 rings (SSSR count). The number of rotatable bonds is 5. The number of benzene rings is 1. The molecule has 184 valence electrons. The maximum absolute atomic E-state index is 13.5. The summed E-state index contributed by atoms with van der Waals surface area (Å²) in [5.74, 6) is -1.15. The van der Waals surface area contributed by atoms with Gasteiger partial charge >= 0.3 is 12.4 Å². The number of halogens is 7. The predicted octanol–water partition coefficient (Wildman–Crippen LogP) is 3.97. The zero-order valence-electron chi connectivity index (χ0n) is 17.1. The summed E-state index contributed by atoms with van der Waals surface area (Å²) < 4.78 is 78.9. The van der Waals surface area contributed by atoms with Gasteiger partial charge < -0.3 is 20.4 Å². The Labute approximate surface area is 193 Å². The summed E-state index contributed by atoms with van der Waals surface area (Å²) in [5.41, 5.74) is -2.62. The lowest BCUT2D eigenvalue weighted by Gasteiger charge is -2.29. The molecule has 0 fully saturated rings. The van der Waals surface area contributed by atoms with Gasteiger partial charge in [0.05, 0.1) is 29.1 Å². The van der Waals surface area contributed by atoms with Crippen molar-refractivity contribution in [2.45, 2.75) is 24.9 Å². The van der Waals surface area contributed by atoms with Crippen molar-refractivity contribution in [1.82, 2.24) is 9.97 Å². The molecule has 1 atom stereocenters. The van der Waals surface area contributed by atoms with Gasteiger partial charge in [0.25, 0.3) is 5.91 Å². The first-order valence-corrected chi connectivity index (χ1v) is 10.0. The summed E-state index contributed by atoms with van der Waals surface area (Å²) in [6, 6.07) is 2.71. The molecule has 0 unspecified atom stereocenters. The molecule has 0 radical (unpaired) electrons. The Balaban J connectivity index is 1.75. The number of aliphatic hydroxyl groups excluding tert-OH is 2. The van der Waals surface area contributed by atoms with E-state index < -0.39 is 58.8 Å². The van der Waals surface area contributed by atoms with Gasteiger partial charge in [-0.05, 0) is 24.6 Å². The molecule has 1 aliphatic heterocycles. The molecular formula is C20H17ClF6N4O3. The summed E-state index contributed by atoms with van der Waals surface area (Å²) in [7, 11) is 0. The molecule has 1 amide bonds. The maximum atomic E-state index is 13.5. The highest BCUT2D eigenvalue weighted by atomic mass is 35.5. The highest BCUT2D eigenvalue weighted by molar-refractivity contribution is 6.31. The van der Waals surface area contributed by atoms with E-state index in [1.165, 1.54) is 11.0 Å². The number of nitrogens with zero attached hydrogens (tertiary/aromatic N) is 3. The number of anilines is 2. The molecule has 0 saturated heterocycles. The fourth-order valence-electron chi connectivity index (χ4n) is 3.17. The largest absolute Gasteiger partial charge is 0.437 e. The summed E-state index contributed by atoms with van der Waals surface area (Å²) in [6.45, 7) is -0.997. The number of aromatic nitrogens is 2. The first kappa shape index (κ1) is 25.7. The van der Waals surface area contributed by atoms with Crippen molar-refractivity contribution < 1.29 is 41.4 Å². The minimum Gasteiger partial charge on any atom is -0.393 e. The molecule has 34 heavy (non-hydrogen) atoms. The van der Waals surface area contributed by atoms with E-state index >= 15 is 0 Å². The van der Waals surface area contributed by atoms with Crippen LogP contribution in [0.25, 0.3) is 0 Å². The summed E-state index contributed by atoms with van der Waals surface area (Å²) in [5, 5.41) is 20.3. The standard InChI is InChI=1S/C20H17ClF6N4O3/c21-13-7-11(1-2-12(13)19(22,23)24)29-18(34)10-3-5-31(6-4-10)17-16(20(25,26)27)30-14(8-28-17)15(33)9-32/h1-3,7-8,15,32-33H,4-6,9H2,(H,29,34)/t15-/m1/s1. The van der Waals surface area contributed by atoms with E-state index in [1.807, 2.05) is 0 Å². The van der Waals surface area contributed by atoms with Crippen LogP contribution in [-0.4, -0.2) is 45.8 Å². The van der Waals surface area contributed by atoms with Gasteiger partial charge in [-0.3, -0.25) is 4.79 Å². The SMILES string of the molecule is O=C(Nc1ccc(C(F)(F)F)c(Cl)c1)C1=CCN(c2ncc([C@H](O)CO)nc2C(F)(F)F)CC1. The van der Waals surface area contributed by atoms with E-state index in [2.05, 4.69) is 15.3 Å². The summed E-state index contributed by atoms with van der Waals surface area (Å²) in [4.78, 5) is 20.8. The molecule has 0 spiro atoms. The predicted molar refractivity (Wildman–Crippen MR) is 109 cm³/mol. The second-order valence-corrected chi connectivity index (χ2v) is 7.64. The number of aliphatic hydroxyl groups is 2. The van der Waals surface area contributed by atoms with Gasteiger partial charge in [0.15, 0.2) is 11.5 Å². The van der Waals surface area contributed by atoms with Crippen LogP contribution < -0.4 is 10.2 Å². The molecular weight excluding hydrogens is 494 g/mol. The molecule has 0 aliphatic carbocycles. The van der Waals surface area contributed by atoms with Crippen molar-refractivity contribution in [3.63, 3.8) is 0 Å². The minimum absolute atomic E-state index is 0.0141. The minimum atomic E-state index is -4.89. The lowest BCUT2D eigenvalue weighted by Crippen LogP contribution is -2.34. The Morgan fingerprint density at radius 2 is 1.91 bits per heavy atom. The van der Waals surface area contributed by atoms with Gasteiger partial charge in [0.2, 0.25) is 0 Å². The summed E-state index contributed by atoms with van der Waals surface area (Å²) in [6.07, 6.45) is -8.87. The Morgan fingerprint density at radius 1 is 1.21 bits per heavy atom. The highest BCUT2D eigenvalue weighted by Crippen LogP contribution is 2.37. The molecule has 2 heterocycles. The second-order valence-electron chi connectivity index (χ2n) is 7.24.